The number of nitro groups is 1. The molecule has 0 aliphatic carbocycles. The van der Waals surface area contributed by atoms with E-state index in [1.165, 1.54) is 18.5 Å². The van der Waals surface area contributed by atoms with Crippen LogP contribution in [0.2, 0.25) is 0 Å². The van der Waals surface area contributed by atoms with Gasteiger partial charge < -0.3 is 20.1 Å². The Bertz CT molecular complexity index is 1050. The Morgan fingerprint density at radius 1 is 0.968 bits per heavy atom. The SMILES string of the molecule is COc1ccc(CCNc2ncnc(NCc3ccc(F)cc3)c2[N+](=O)[O-])cc1OC. The Morgan fingerprint density at radius 3 is 2.26 bits per heavy atom. The third-order valence-corrected chi connectivity index (χ3v) is 4.53. The van der Waals surface area contributed by atoms with Gasteiger partial charge in [-0.05, 0) is 41.8 Å². The lowest BCUT2D eigenvalue weighted by molar-refractivity contribution is -0.383. The van der Waals surface area contributed by atoms with Crippen molar-refractivity contribution < 1.29 is 18.8 Å². The van der Waals surface area contributed by atoms with Crippen molar-refractivity contribution >= 4 is 17.3 Å². The molecule has 0 saturated carbocycles. The second-order valence-corrected chi connectivity index (χ2v) is 6.52. The van der Waals surface area contributed by atoms with E-state index in [1.54, 1.807) is 32.4 Å². The van der Waals surface area contributed by atoms with Crippen molar-refractivity contribution in [3.63, 3.8) is 0 Å². The van der Waals surface area contributed by atoms with Crippen molar-refractivity contribution in [1.29, 1.82) is 0 Å². The van der Waals surface area contributed by atoms with Gasteiger partial charge in [-0.3, -0.25) is 10.1 Å². The highest BCUT2D eigenvalue weighted by Gasteiger charge is 2.22. The largest absolute Gasteiger partial charge is 0.493 e. The molecule has 10 heteroatoms. The van der Waals surface area contributed by atoms with Gasteiger partial charge in [-0.15, -0.1) is 0 Å². The van der Waals surface area contributed by atoms with Crippen LogP contribution in [0.5, 0.6) is 11.5 Å². The van der Waals surface area contributed by atoms with Crippen molar-refractivity contribution in [1.82, 2.24) is 9.97 Å². The predicted molar refractivity (Wildman–Crippen MR) is 114 cm³/mol. The Morgan fingerprint density at radius 2 is 1.61 bits per heavy atom. The van der Waals surface area contributed by atoms with Gasteiger partial charge in [0.1, 0.15) is 12.1 Å². The van der Waals surface area contributed by atoms with E-state index in [9.17, 15) is 14.5 Å². The average Bonchev–Trinajstić information content (AvgIpc) is 2.78. The first-order valence-corrected chi connectivity index (χ1v) is 9.44. The zero-order chi connectivity index (χ0) is 22.2. The van der Waals surface area contributed by atoms with Crippen LogP contribution < -0.4 is 20.1 Å². The minimum absolute atomic E-state index is 0.0814. The summed E-state index contributed by atoms with van der Waals surface area (Å²) in [6.07, 6.45) is 1.83. The summed E-state index contributed by atoms with van der Waals surface area (Å²) in [5.74, 6) is 1.08. The molecule has 162 valence electrons. The maximum absolute atomic E-state index is 13.0. The van der Waals surface area contributed by atoms with Crippen molar-refractivity contribution in [3.8, 4) is 11.5 Å². The van der Waals surface area contributed by atoms with Gasteiger partial charge in [0.05, 0.1) is 19.1 Å². The summed E-state index contributed by atoms with van der Waals surface area (Å²) in [4.78, 5) is 19.1. The van der Waals surface area contributed by atoms with E-state index in [2.05, 4.69) is 20.6 Å². The molecule has 1 aromatic heterocycles. The van der Waals surface area contributed by atoms with E-state index in [4.69, 9.17) is 9.47 Å². The van der Waals surface area contributed by atoms with Crippen LogP contribution in [0.25, 0.3) is 0 Å². The van der Waals surface area contributed by atoms with Crippen molar-refractivity contribution in [3.05, 3.63) is 75.9 Å². The van der Waals surface area contributed by atoms with E-state index in [0.717, 1.165) is 11.1 Å². The minimum atomic E-state index is -0.536. The van der Waals surface area contributed by atoms with E-state index >= 15 is 0 Å². The summed E-state index contributed by atoms with van der Waals surface area (Å²) >= 11 is 0. The second kappa shape index (κ2) is 10.2. The van der Waals surface area contributed by atoms with Gasteiger partial charge in [0, 0.05) is 13.1 Å². The summed E-state index contributed by atoms with van der Waals surface area (Å²) < 4.78 is 23.6. The molecule has 0 amide bonds. The standard InChI is InChI=1S/C21H22FN5O4/c1-30-17-8-5-14(11-18(17)31-2)9-10-23-20-19(27(28)29)21(26-13-25-20)24-12-15-3-6-16(22)7-4-15/h3-8,11,13H,9-10,12H2,1-2H3,(H2,23,24,25,26). The highest BCUT2D eigenvalue weighted by Crippen LogP contribution is 2.30. The van der Waals surface area contributed by atoms with E-state index < -0.39 is 4.92 Å². The number of nitrogens with zero attached hydrogens (tertiary/aromatic N) is 3. The van der Waals surface area contributed by atoms with Gasteiger partial charge in [0.25, 0.3) is 0 Å². The molecule has 0 atom stereocenters. The lowest BCUT2D eigenvalue weighted by Crippen LogP contribution is -2.12. The summed E-state index contributed by atoms with van der Waals surface area (Å²) in [6.45, 7) is 0.661. The number of ether oxygens (including phenoxy) is 2. The number of hydrogen-bond acceptors (Lipinski definition) is 8. The van der Waals surface area contributed by atoms with Gasteiger partial charge in [0.15, 0.2) is 11.5 Å². The molecule has 2 N–H and O–H groups in total. The lowest BCUT2D eigenvalue weighted by atomic mass is 10.1. The van der Waals surface area contributed by atoms with E-state index in [-0.39, 0.29) is 29.7 Å². The molecular weight excluding hydrogens is 405 g/mol. The highest BCUT2D eigenvalue weighted by molar-refractivity contribution is 5.69. The molecule has 0 spiro atoms. The van der Waals surface area contributed by atoms with Crippen LogP contribution in [0.15, 0.2) is 48.8 Å². The molecule has 31 heavy (non-hydrogen) atoms. The number of benzene rings is 2. The molecule has 0 fully saturated rings. The first-order chi connectivity index (χ1) is 15.0. The number of anilines is 2. The Balaban J connectivity index is 1.69. The van der Waals surface area contributed by atoms with Gasteiger partial charge in [-0.2, -0.15) is 0 Å². The number of nitrogens with one attached hydrogen (secondary N) is 2. The van der Waals surface area contributed by atoms with Gasteiger partial charge in [-0.25, -0.2) is 14.4 Å². The van der Waals surface area contributed by atoms with Crippen LogP contribution in [0.1, 0.15) is 11.1 Å². The first-order valence-electron chi connectivity index (χ1n) is 9.44. The molecule has 9 nitrogen and oxygen atoms in total. The zero-order valence-corrected chi connectivity index (χ0v) is 17.1. The van der Waals surface area contributed by atoms with Crippen LogP contribution in [-0.4, -0.2) is 35.7 Å². The molecule has 3 rings (SSSR count). The summed E-state index contributed by atoms with van der Waals surface area (Å²) in [5.41, 5.74) is 1.48. The Kier molecular flexibility index (Phi) is 7.15. The average molecular weight is 427 g/mol. The van der Waals surface area contributed by atoms with Gasteiger partial charge in [0.2, 0.25) is 11.6 Å². The van der Waals surface area contributed by atoms with Gasteiger partial charge >= 0.3 is 5.69 Å². The smallest absolute Gasteiger partial charge is 0.353 e. The third kappa shape index (κ3) is 5.56. The summed E-state index contributed by atoms with van der Waals surface area (Å²) in [7, 11) is 3.12. The number of hydrogen-bond donors (Lipinski definition) is 2. The first kappa shape index (κ1) is 21.8. The molecule has 0 unspecified atom stereocenters. The normalized spacial score (nSPS) is 10.4. The third-order valence-electron chi connectivity index (χ3n) is 4.53. The molecule has 0 saturated heterocycles. The lowest BCUT2D eigenvalue weighted by Gasteiger charge is -2.11. The van der Waals surface area contributed by atoms with Crippen molar-refractivity contribution in [2.45, 2.75) is 13.0 Å². The number of methoxy groups -OCH3 is 2. The Labute approximate surface area is 178 Å². The zero-order valence-electron chi connectivity index (χ0n) is 17.1. The summed E-state index contributed by atoms with van der Waals surface area (Å²) in [6, 6.07) is 11.4. The maximum Gasteiger partial charge on any atom is 0.353 e. The molecule has 1 heterocycles. The maximum atomic E-state index is 13.0. The second-order valence-electron chi connectivity index (χ2n) is 6.52. The fourth-order valence-electron chi connectivity index (χ4n) is 2.96. The minimum Gasteiger partial charge on any atom is -0.493 e. The topological polar surface area (TPSA) is 111 Å². The Hall–Kier alpha value is -3.95. The molecule has 0 aliphatic heterocycles. The summed E-state index contributed by atoms with van der Waals surface area (Å²) in [5, 5.41) is 17.6. The fraction of sp³-hybridized carbons (Fsp3) is 0.238. The van der Waals surface area contributed by atoms with Gasteiger partial charge in [-0.1, -0.05) is 18.2 Å². The highest BCUT2D eigenvalue weighted by atomic mass is 19.1. The number of halogens is 1. The van der Waals surface area contributed by atoms with Crippen LogP contribution in [0.4, 0.5) is 21.7 Å². The van der Waals surface area contributed by atoms with Crippen LogP contribution in [-0.2, 0) is 13.0 Å². The van der Waals surface area contributed by atoms with E-state index in [1.807, 2.05) is 12.1 Å². The van der Waals surface area contributed by atoms with Crippen LogP contribution >= 0.6 is 0 Å². The van der Waals surface area contributed by atoms with E-state index in [0.29, 0.717) is 24.5 Å². The van der Waals surface area contributed by atoms with Crippen LogP contribution in [0.3, 0.4) is 0 Å². The fourth-order valence-corrected chi connectivity index (χ4v) is 2.96. The molecule has 0 radical (unpaired) electrons. The molecule has 3 aromatic rings. The number of rotatable bonds is 10. The number of aromatic nitrogens is 2. The molecule has 2 aromatic carbocycles. The molecular formula is C21H22FN5O4. The monoisotopic (exact) mass is 427 g/mol. The van der Waals surface area contributed by atoms with Crippen LogP contribution in [0, 0.1) is 15.9 Å². The molecule has 0 aliphatic rings. The quantitative estimate of drug-likeness (QED) is 0.371. The van der Waals surface area contributed by atoms with Crippen molar-refractivity contribution in [2.75, 3.05) is 31.4 Å². The van der Waals surface area contributed by atoms with Crippen molar-refractivity contribution in [2.24, 2.45) is 0 Å². The molecule has 0 bridgehead atoms. The predicted octanol–water partition coefficient (Wildman–Crippen LogP) is 3.81.